The number of carbonyl (C=O) groups excluding carboxylic acids is 2. The van der Waals surface area contributed by atoms with Gasteiger partial charge >= 0.3 is 6.36 Å². The lowest BCUT2D eigenvalue weighted by atomic mass is 10.2. The van der Waals surface area contributed by atoms with Gasteiger partial charge in [-0.3, -0.25) is 9.59 Å². The number of ether oxygens (including phenoxy) is 2. The lowest BCUT2D eigenvalue weighted by Crippen LogP contribution is -2.42. The van der Waals surface area contributed by atoms with Gasteiger partial charge in [-0.2, -0.15) is 0 Å². The van der Waals surface area contributed by atoms with Crippen molar-refractivity contribution >= 4 is 17.5 Å². The van der Waals surface area contributed by atoms with Gasteiger partial charge in [0, 0.05) is 12.7 Å². The van der Waals surface area contributed by atoms with Crippen LogP contribution in [-0.2, 0) is 9.59 Å². The van der Waals surface area contributed by atoms with Crippen molar-refractivity contribution in [1.29, 1.82) is 0 Å². The Morgan fingerprint density at radius 3 is 2.34 bits per heavy atom. The molecule has 2 rings (SSSR count). The second-order valence-electron chi connectivity index (χ2n) is 6.39. The molecule has 1 N–H and O–H groups in total. The maximum absolute atomic E-state index is 12.4. The summed E-state index contributed by atoms with van der Waals surface area (Å²) in [5.41, 5.74) is 1.26. The molecule has 1 atom stereocenters. The van der Waals surface area contributed by atoms with Gasteiger partial charge in [0.05, 0.1) is 6.54 Å². The Kier molecular flexibility index (Phi) is 7.08. The summed E-state index contributed by atoms with van der Waals surface area (Å²) < 4.78 is 45.8. The summed E-state index contributed by atoms with van der Waals surface area (Å²) in [6.07, 6.45) is -5.58. The van der Waals surface area contributed by atoms with E-state index in [1.54, 1.807) is 19.1 Å². The Bertz CT molecular complexity index is 854. The van der Waals surface area contributed by atoms with E-state index in [0.717, 1.165) is 17.7 Å². The summed E-state index contributed by atoms with van der Waals surface area (Å²) in [6.45, 7) is 3.23. The summed E-state index contributed by atoms with van der Waals surface area (Å²) in [6, 6.07) is 11.9. The zero-order chi connectivity index (χ0) is 21.6. The highest BCUT2D eigenvalue weighted by molar-refractivity contribution is 5.95. The van der Waals surface area contributed by atoms with Gasteiger partial charge < -0.3 is 19.7 Å². The number of nitrogens with one attached hydrogen (secondary N) is 1. The molecule has 0 saturated carbocycles. The lowest BCUT2D eigenvalue weighted by molar-refractivity contribution is -0.274. The van der Waals surface area contributed by atoms with Crippen LogP contribution in [0.1, 0.15) is 12.5 Å². The maximum atomic E-state index is 12.4. The second kappa shape index (κ2) is 9.31. The van der Waals surface area contributed by atoms with Crippen LogP contribution in [-0.4, -0.2) is 42.8 Å². The molecule has 2 aromatic rings. The van der Waals surface area contributed by atoms with Gasteiger partial charge in [0.2, 0.25) is 5.91 Å². The Morgan fingerprint density at radius 1 is 1.10 bits per heavy atom. The van der Waals surface area contributed by atoms with Crippen molar-refractivity contribution in [3.8, 4) is 11.5 Å². The molecule has 6 nitrogen and oxygen atoms in total. The third-order valence-electron chi connectivity index (χ3n) is 3.78. The Balaban J connectivity index is 1.86. The lowest BCUT2D eigenvalue weighted by Gasteiger charge is -2.22. The maximum Gasteiger partial charge on any atom is 0.573 e. The molecule has 0 fully saturated rings. The first-order valence-electron chi connectivity index (χ1n) is 8.67. The van der Waals surface area contributed by atoms with Crippen molar-refractivity contribution in [1.82, 2.24) is 4.90 Å². The minimum Gasteiger partial charge on any atom is -0.481 e. The third kappa shape index (κ3) is 7.36. The topological polar surface area (TPSA) is 67.9 Å². The van der Waals surface area contributed by atoms with Crippen molar-refractivity contribution in [3.05, 3.63) is 54.1 Å². The number of hydrogen-bond donors (Lipinski definition) is 1. The summed E-state index contributed by atoms with van der Waals surface area (Å²) in [4.78, 5) is 25.7. The van der Waals surface area contributed by atoms with E-state index < -0.39 is 30.0 Å². The number of hydrogen-bond acceptors (Lipinski definition) is 4. The third-order valence-corrected chi connectivity index (χ3v) is 3.78. The van der Waals surface area contributed by atoms with E-state index >= 15 is 0 Å². The van der Waals surface area contributed by atoms with Crippen molar-refractivity contribution < 1.29 is 32.2 Å². The molecule has 0 aromatic heterocycles. The Labute approximate surface area is 166 Å². The molecule has 0 aliphatic rings. The standard InChI is InChI=1S/C20H21F3N2O4/c1-13-5-4-6-17(11-13)28-14(2)19(27)25(3)12-18(26)24-15-7-9-16(10-8-15)29-20(21,22)23/h4-11,14H,12H2,1-3H3,(H,24,26)/t14-/m1/s1. The summed E-state index contributed by atoms with van der Waals surface area (Å²) >= 11 is 0. The smallest absolute Gasteiger partial charge is 0.481 e. The van der Waals surface area contributed by atoms with Crippen molar-refractivity contribution in [2.45, 2.75) is 26.3 Å². The predicted octanol–water partition coefficient (Wildman–Crippen LogP) is 3.76. The number of aryl methyl sites for hydroxylation is 1. The fourth-order valence-corrected chi connectivity index (χ4v) is 2.49. The van der Waals surface area contributed by atoms with Crippen LogP contribution in [0, 0.1) is 6.92 Å². The average molecular weight is 410 g/mol. The van der Waals surface area contributed by atoms with Gasteiger partial charge in [-0.05, 0) is 55.8 Å². The number of nitrogens with zero attached hydrogens (tertiary/aromatic N) is 1. The van der Waals surface area contributed by atoms with Gasteiger partial charge in [0.25, 0.3) is 5.91 Å². The zero-order valence-corrected chi connectivity index (χ0v) is 16.1. The number of benzene rings is 2. The van der Waals surface area contributed by atoms with Crippen LogP contribution in [0.25, 0.3) is 0 Å². The zero-order valence-electron chi connectivity index (χ0n) is 16.1. The molecule has 156 valence electrons. The fraction of sp³-hybridized carbons (Fsp3) is 0.300. The first kappa shape index (κ1) is 22.1. The van der Waals surface area contributed by atoms with E-state index in [4.69, 9.17) is 4.74 Å². The first-order valence-corrected chi connectivity index (χ1v) is 8.67. The fourth-order valence-electron chi connectivity index (χ4n) is 2.49. The van der Waals surface area contributed by atoms with Crippen molar-refractivity contribution in [2.24, 2.45) is 0 Å². The molecule has 9 heteroatoms. The minimum absolute atomic E-state index is 0.249. The van der Waals surface area contributed by atoms with Crippen LogP contribution in [0.4, 0.5) is 18.9 Å². The molecule has 29 heavy (non-hydrogen) atoms. The number of amides is 2. The van der Waals surface area contributed by atoms with Gasteiger partial charge in [-0.1, -0.05) is 12.1 Å². The highest BCUT2D eigenvalue weighted by atomic mass is 19.4. The largest absolute Gasteiger partial charge is 0.573 e. The molecule has 2 aromatic carbocycles. The van der Waals surface area contributed by atoms with Crippen LogP contribution in [0.15, 0.2) is 48.5 Å². The normalized spacial score (nSPS) is 12.1. The van der Waals surface area contributed by atoms with Gasteiger partial charge in [-0.15, -0.1) is 13.2 Å². The minimum atomic E-state index is -4.79. The molecular formula is C20H21F3N2O4. The molecule has 0 bridgehead atoms. The second-order valence-corrected chi connectivity index (χ2v) is 6.39. The Hall–Kier alpha value is -3.23. The van der Waals surface area contributed by atoms with E-state index in [2.05, 4.69) is 10.1 Å². The number of likely N-dealkylation sites (N-methyl/N-ethyl adjacent to an activating group) is 1. The van der Waals surface area contributed by atoms with Crippen molar-refractivity contribution in [2.75, 3.05) is 18.9 Å². The average Bonchev–Trinajstić information content (AvgIpc) is 2.61. The highest BCUT2D eigenvalue weighted by Gasteiger charge is 2.31. The van der Waals surface area contributed by atoms with Crippen LogP contribution < -0.4 is 14.8 Å². The van der Waals surface area contributed by atoms with Crippen LogP contribution in [0.5, 0.6) is 11.5 Å². The molecular weight excluding hydrogens is 389 g/mol. The van der Waals surface area contributed by atoms with Gasteiger partial charge in [0.1, 0.15) is 11.5 Å². The quantitative estimate of drug-likeness (QED) is 0.755. The van der Waals surface area contributed by atoms with Crippen LogP contribution in [0.3, 0.4) is 0 Å². The Morgan fingerprint density at radius 2 is 1.76 bits per heavy atom. The van der Waals surface area contributed by atoms with Gasteiger partial charge in [-0.25, -0.2) is 0 Å². The van der Waals surface area contributed by atoms with E-state index in [-0.39, 0.29) is 12.2 Å². The number of halogens is 3. The molecule has 0 heterocycles. The highest BCUT2D eigenvalue weighted by Crippen LogP contribution is 2.24. The number of alkyl halides is 3. The summed E-state index contributed by atoms with van der Waals surface area (Å²) in [5, 5.41) is 2.50. The number of anilines is 1. The van der Waals surface area contributed by atoms with Crippen LogP contribution in [0.2, 0.25) is 0 Å². The molecule has 0 unspecified atom stereocenters. The SMILES string of the molecule is Cc1cccc(O[C@H](C)C(=O)N(C)CC(=O)Nc2ccc(OC(F)(F)F)cc2)c1. The molecule has 0 saturated heterocycles. The van der Waals surface area contributed by atoms with Gasteiger partial charge in [0.15, 0.2) is 6.10 Å². The van der Waals surface area contributed by atoms with Crippen LogP contribution >= 0.6 is 0 Å². The van der Waals surface area contributed by atoms with E-state index in [9.17, 15) is 22.8 Å². The molecule has 0 radical (unpaired) electrons. The summed E-state index contributed by atoms with van der Waals surface area (Å²) in [5.74, 6) is -0.751. The molecule has 2 amide bonds. The summed E-state index contributed by atoms with van der Waals surface area (Å²) in [7, 11) is 1.46. The molecule has 0 aliphatic heterocycles. The van der Waals surface area contributed by atoms with E-state index in [1.807, 2.05) is 19.1 Å². The van der Waals surface area contributed by atoms with E-state index in [1.165, 1.54) is 24.1 Å². The molecule has 0 spiro atoms. The van der Waals surface area contributed by atoms with E-state index in [0.29, 0.717) is 5.75 Å². The predicted molar refractivity (Wildman–Crippen MR) is 101 cm³/mol. The first-order chi connectivity index (χ1) is 13.5. The van der Waals surface area contributed by atoms with Crippen molar-refractivity contribution in [3.63, 3.8) is 0 Å². The monoisotopic (exact) mass is 410 g/mol. The number of rotatable bonds is 7. The molecule has 0 aliphatic carbocycles. The number of carbonyl (C=O) groups is 2.